The summed E-state index contributed by atoms with van der Waals surface area (Å²) in [6, 6.07) is 4.26. The number of aliphatic hydroxyl groups is 1. The molecule has 256 valence electrons. The summed E-state index contributed by atoms with van der Waals surface area (Å²) in [7, 11) is 0. The van der Waals surface area contributed by atoms with Crippen molar-refractivity contribution in [3.8, 4) is 5.75 Å². The number of carboxylic acids is 1. The smallest absolute Gasteiger partial charge is 0.326 e. The maximum Gasteiger partial charge on any atom is 0.326 e. The van der Waals surface area contributed by atoms with Crippen LogP contribution in [0.4, 0.5) is 0 Å². The Balaban J connectivity index is 1.15. The molecule has 4 aliphatic rings. The topological polar surface area (TPSA) is 136 Å². The summed E-state index contributed by atoms with van der Waals surface area (Å²) >= 11 is 0. The van der Waals surface area contributed by atoms with Gasteiger partial charge in [-0.15, -0.1) is 0 Å². The number of rotatable bonds is 11. The summed E-state index contributed by atoms with van der Waals surface area (Å²) in [5.74, 6) is 2.03. The van der Waals surface area contributed by atoms with E-state index in [0.717, 1.165) is 37.0 Å². The average Bonchev–Trinajstić information content (AvgIpc) is 3.36. The number of hydrogen-bond acceptors (Lipinski definition) is 5. The van der Waals surface area contributed by atoms with Crippen LogP contribution in [0.2, 0.25) is 0 Å². The first-order valence-corrected chi connectivity index (χ1v) is 18.0. The van der Waals surface area contributed by atoms with E-state index in [1.54, 1.807) is 12.1 Å². The molecule has 0 heterocycles. The maximum atomic E-state index is 13.2. The van der Waals surface area contributed by atoms with Gasteiger partial charge in [0.2, 0.25) is 11.8 Å². The van der Waals surface area contributed by atoms with Crippen LogP contribution in [0.15, 0.2) is 24.3 Å². The zero-order valence-electron chi connectivity index (χ0n) is 28.6. The fourth-order valence-electron chi connectivity index (χ4n) is 10.9. The van der Waals surface area contributed by atoms with Gasteiger partial charge in [-0.25, -0.2) is 4.79 Å². The van der Waals surface area contributed by atoms with Gasteiger partial charge in [-0.05, 0) is 134 Å². The van der Waals surface area contributed by atoms with Crippen molar-refractivity contribution < 1.29 is 29.7 Å². The van der Waals surface area contributed by atoms with Crippen LogP contribution in [0.3, 0.4) is 0 Å². The van der Waals surface area contributed by atoms with Gasteiger partial charge in [0.05, 0.1) is 6.10 Å². The largest absolute Gasteiger partial charge is 0.508 e. The molecule has 0 unspecified atom stereocenters. The standard InChI is InChI=1S/C38H58N2O6/c1-22(2)34(35(44)39-32(36(45)46)20-24-7-10-26(41)11-8-24)40-33(43)15-6-23(3)29-13-14-30-28-12-9-25-21-27(42)16-18-37(25,4)31(28)17-19-38(29,30)5/h7-8,10-11,22-23,25,27-32,34,41-42H,6,9,12-21H2,1-5H3,(H,39,44)(H,40,43)(H,45,46)/t23-,25-,27-,28+,29-,30+,31+,32+,34+,37+,38-/m1/s1. The van der Waals surface area contributed by atoms with Gasteiger partial charge in [-0.1, -0.05) is 46.8 Å². The third-order valence-electron chi connectivity index (χ3n) is 13.5. The predicted molar refractivity (Wildman–Crippen MR) is 178 cm³/mol. The average molecular weight is 639 g/mol. The lowest BCUT2D eigenvalue weighted by Crippen LogP contribution is -2.54. The SMILES string of the molecule is CC(C)[C@H](NC(=O)CC[C@@H](C)[C@H]1CC[C@H]2[C@@H]3CC[C@@H]4C[C@H](O)CC[C@]4(C)[C@H]3CC[C@]12C)C(=O)N[C@@H](Cc1ccc(O)cc1)C(=O)O. The first-order chi connectivity index (χ1) is 21.7. The Hall–Kier alpha value is -2.61. The van der Waals surface area contributed by atoms with Crippen molar-refractivity contribution in [2.75, 3.05) is 0 Å². The quantitative estimate of drug-likeness (QED) is 0.199. The minimum absolute atomic E-state index is 0.0727. The van der Waals surface area contributed by atoms with E-state index in [-0.39, 0.29) is 30.1 Å². The van der Waals surface area contributed by atoms with Gasteiger partial charge in [0.15, 0.2) is 0 Å². The number of hydrogen-bond donors (Lipinski definition) is 5. The second-order valence-corrected chi connectivity index (χ2v) is 16.4. The lowest BCUT2D eigenvalue weighted by atomic mass is 9.44. The van der Waals surface area contributed by atoms with Crippen molar-refractivity contribution in [1.29, 1.82) is 0 Å². The molecule has 1 aromatic carbocycles. The maximum absolute atomic E-state index is 13.2. The lowest BCUT2D eigenvalue weighted by molar-refractivity contribution is -0.142. The van der Waals surface area contributed by atoms with Crippen LogP contribution in [0.1, 0.15) is 111 Å². The fraction of sp³-hybridized carbons (Fsp3) is 0.763. The normalized spacial score (nSPS) is 35.6. The highest BCUT2D eigenvalue weighted by atomic mass is 16.4. The monoisotopic (exact) mass is 638 g/mol. The van der Waals surface area contributed by atoms with E-state index in [0.29, 0.717) is 40.6 Å². The van der Waals surface area contributed by atoms with Crippen LogP contribution in [-0.4, -0.2) is 51.3 Å². The third kappa shape index (κ3) is 6.97. The molecule has 11 atom stereocenters. The van der Waals surface area contributed by atoms with Crippen molar-refractivity contribution in [3.05, 3.63) is 29.8 Å². The van der Waals surface area contributed by atoms with Crippen LogP contribution in [-0.2, 0) is 20.8 Å². The number of amides is 2. The zero-order valence-corrected chi connectivity index (χ0v) is 28.6. The molecule has 46 heavy (non-hydrogen) atoms. The van der Waals surface area contributed by atoms with Crippen LogP contribution in [0.5, 0.6) is 5.75 Å². The Morgan fingerprint density at radius 3 is 2.24 bits per heavy atom. The van der Waals surface area contributed by atoms with E-state index in [2.05, 4.69) is 31.4 Å². The minimum atomic E-state index is -1.15. The van der Waals surface area contributed by atoms with E-state index in [1.165, 1.54) is 57.1 Å². The van der Waals surface area contributed by atoms with Gasteiger partial charge < -0.3 is 26.0 Å². The molecular weight excluding hydrogens is 580 g/mol. The number of phenols is 1. The summed E-state index contributed by atoms with van der Waals surface area (Å²) in [6.07, 6.45) is 11.8. The number of carbonyl (C=O) groups is 3. The first-order valence-electron chi connectivity index (χ1n) is 18.0. The Bertz CT molecular complexity index is 1250. The molecule has 4 aliphatic carbocycles. The van der Waals surface area contributed by atoms with Crippen LogP contribution < -0.4 is 10.6 Å². The van der Waals surface area contributed by atoms with Gasteiger partial charge in [-0.3, -0.25) is 9.59 Å². The molecule has 8 heteroatoms. The number of nitrogens with one attached hydrogen (secondary N) is 2. The number of fused-ring (bicyclic) bond motifs is 5. The summed E-state index contributed by atoms with van der Waals surface area (Å²) in [5.41, 5.74) is 1.36. The van der Waals surface area contributed by atoms with Gasteiger partial charge in [0.25, 0.3) is 0 Å². The summed E-state index contributed by atoms with van der Waals surface area (Å²) in [6.45, 7) is 11.1. The Morgan fingerprint density at radius 2 is 1.57 bits per heavy atom. The molecule has 0 aliphatic heterocycles. The van der Waals surface area contributed by atoms with Gasteiger partial charge in [-0.2, -0.15) is 0 Å². The number of aliphatic hydroxyl groups excluding tert-OH is 1. The van der Waals surface area contributed by atoms with E-state index >= 15 is 0 Å². The van der Waals surface area contributed by atoms with E-state index < -0.39 is 24.0 Å². The second kappa shape index (κ2) is 13.9. The number of aliphatic carboxylic acids is 1. The molecule has 1 aromatic rings. The molecule has 4 fully saturated rings. The number of aromatic hydroxyl groups is 1. The molecule has 5 N–H and O–H groups in total. The van der Waals surface area contributed by atoms with E-state index in [9.17, 15) is 29.7 Å². The molecular formula is C38H58N2O6. The molecule has 0 spiro atoms. The number of carbonyl (C=O) groups excluding carboxylic acids is 2. The van der Waals surface area contributed by atoms with Crippen LogP contribution >= 0.6 is 0 Å². The molecule has 0 radical (unpaired) electrons. The summed E-state index contributed by atoms with van der Waals surface area (Å²) in [4.78, 5) is 38.4. The Labute approximate surface area is 275 Å². The number of phenolic OH excluding ortho intramolecular Hbond substituents is 1. The highest BCUT2D eigenvalue weighted by Gasteiger charge is 2.60. The lowest BCUT2D eigenvalue weighted by Gasteiger charge is -2.61. The molecule has 5 rings (SSSR count). The van der Waals surface area contributed by atoms with E-state index in [4.69, 9.17) is 0 Å². The first kappa shape index (κ1) is 34.7. The predicted octanol–water partition coefficient (Wildman–Crippen LogP) is 6.08. The number of benzene rings is 1. The van der Waals surface area contributed by atoms with Crippen molar-refractivity contribution >= 4 is 17.8 Å². The van der Waals surface area contributed by atoms with Gasteiger partial charge in [0.1, 0.15) is 17.8 Å². The van der Waals surface area contributed by atoms with Gasteiger partial charge >= 0.3 is 5.97 Å². The summed E-state index contributed by atoms with van der Waals surface area (Å²) < 4.78 is 0. The van der Waals surface area contributed by atoms with E-state index in [1.807, 2.05) is 13.8 Å². The highest BCUT2D eigenvalue weighted by Crippen LogP contribution is 2.68. The summed E-state index contributed by atoms with van der Waals surface area (Å²) in [5, 5.41) is 35.2. The molecule has 0 saturated heterocycles. The van der Waals surface area contributed by atoms with Crippen molar-refractivity contribution in [2.45, 2.75) is 130 Å². The number of carboxylic acid groups (broad SMARTS) is 1. The zero-order chi connectivity index (χ0) is 33.4. The van der Waals surface area contributed by atoms with Gasteiger partial charge in [0, 0.05) is 12.8 Å². The second-order valence-electron chi connectivity index (χ2n) is 16.4. The molecule has 4 saturated carbocycles. The van der Waals surface area contributed by atoms with Crippen molar-refractivity contribution in [1.82, 2.24) is 10.6 Å². The van der Waals surface area contributed by atoms with Crippen LogP contribution in [0, 0.1) is 52.3 Å². The molecule has 0 aromatic heterocycles. The molecule has 0 bridgehead atoms. The van der Waals surface area contributed by atoms with Crippen molar-refractivity contribution in [2.24, 2.45) is 52.3 Å². The minimum Gasteiger partial charge on any atom is -0.508 e. The highest BCUT2D eigenvalue weighted by molar-refractivity contribution is 5.90. The third-order valence-corrected chi connectivity index (χ3v) is 13.5. The van der Waals surface area contributed by atoms with Crippen LogP contribution in [0.25, 0.3) is 0 Å². The molecule has 8 nitrogen and oxygen atoms in total. The molecule has 2 amide bonds. The fourth-order valence-corrected chi connectivity index (χ4v) is 10.9. The Morgan fingerprint density at radius 1 is 0.891 bits per heavy atom. The Kier molecular flexibility index (Phi) is 10.5. The van der Waals surface area contributed by atoms with Crippen molar-refractivity contribution in [3.63, 3.8) is 0 Å².